The first-order valence-corrected chi connectivity index (χ1v) is 6.65. The summed E-state index contributed by atoms with van der Waals surface area (Å²) in [5.74, 6) is -2.43. The monoisotopic (exact) mass is 309 g/mol. The van der Waals surface area contributed by atoms with Gasteiger partial charge in [0.05, 0.1) is 11.5 Å². The lowest BCUT2D eigenvalue weighted by atomic mass is 10.2. The zero-order valence-electron chi connectivity index (χ0n) is 10.6. The first-order chi connectivity index (χ1) is 10.1. The molecule has 1 atom stereocenters. The van der Waals surface area contributed by atoms with E-state index in [4.69, 9.17) is 5.11 Å². The van der Waals surface area contributed by atoms with Gasteiger partial charge in [-0.2, -0.15) is 0 Å². The van der Waals surface area contributed by atoms with E-state index >= 15 is 0 Å². The Labute approximate surface area is 122 Å². The van der Waals surface area contributed by atoms with Gasteiger partial charge in [0.2, 0.25) is 0 Å². The lowest BCUT2D eigenvalue weighted by Gasteiger charge is -2.15. The Hall–Kier alpha value is -2.59. The Balaban J connectivity index is 1.96. The maximum absolute atomic E-state index is 11.8. The minimum atomic E-state index is -1.26. The zero-order chi connectivity index (χ0) is 15.2. The lowest BCUT2D eigenvalue weighted by Crippen LogP contribution is -2.49. The van der Waals surface area contributed by atoms with Crippen LogP contribution in [0, 0.1) is 0 Å². The van der Waals surface area contributed by atoms with Crippen molar-refractivity contribution in [2.24, 2.45) is 0 Å². The largest absolute Gasteiger partial charge is 0.394 e. The van der Waals surface area contributed by atoms with E-state index in [1.165, 1.54) is 18.7 Å². The molecule has 0 fully saturated rings. The number of aromatic nitrogens is 3. The SMILES string of the molecule is O=C(NC(CO)C(=O)Nn1cnnc1)C(=O)c1cccs1. The number of thiophene rings is 1. The molecule has 0 aliphatic heterocycles. The normalized spacial score (nSPS) is 11.7. The molecular formula is C11H11N5O4S. The van der Waals surface area contributed by atoms with Crippen LogP contribution in [0.1, 0.15) is 9.67 Å². The van der Waals surface area contributed by atoms with Gasteiger partial charge in [0.1, 0.15) is 18.7 Å². The average molecular weight is 309 g/mol. The van der Waals surface area contributed by atoms with E-state index in [2.05, 4.69) is 20.9 Å². The molecule has 2 rings (SSSR count). The summed E-state index contributed by atoms with van der Waals surface area (Å²) >= 11 is 1.11. The van der Waals surface area contributed by atoms with E-state index in [0.29, 0.717) is 0 Å². The number of hydrogen-bond donors (Lipinski definition) is 3. The summed E-state index contributed by atoms with van der Waals surface area (Å²) in [6.07, 6.45) is 2.45. The molecule has 2 aromatic heterocycles. The number of rotatable bonds is 6. The van der Waals surface area contributed by atoms with E-state index < -0.39 is 30.2 Å². The van der Waals surface area contributed by atoms with Crippen molar-refractivity contribution in [2.75, 3.05) is 12.0 Å². The second-order valence-corrected chi connectivity index (χ2v) is 4.81. The highest BCUT2D eigenvalue weighted by atomic mass is 32.1. The van der Waals surface area contributed by atoms with E-state index in [9.17, 15) is 14.4 Å². The Morgan fingerprint density at radius 3 is 2.62 bits per heavy atom. The molecule has 0 saturated heterocycles. The molecule has 2 aromatic rings. The molecule has 0 aromatic carbocycles. The first-order valence-electron chi connectivity index (χ1n) is 5.77. The molecule has 0 aliphatic carbocycles. The number of hydrogen-bond acceptors (Lipinski definition) is 7. The molecule has 2 amide bonds. The Bertz CT molecular complexity index is 625. The quantitative estimate of drug-likeness (QED) is 0.453. The molecule has 10 heteroatoms. The Morgan fingerprint density at radius 1 is 1.33 bits per heavy atom. The summed E-state index contributed by atoms with van der Waals surface area (Å²) in [6, 6.07) is 1.87. The number of carbonyl (C=O) groups is 3. The van der Waals surface area contributed by atoms with Crippen LogP contribution in [0.25, 0.3) is 0 Å². The number of nitrogens with zero attached hydrogens (tertiary/aromatic N) is 3. The third-order valence-electron chi connectivity index (χ3n) is 2.41. The predicted octanol–water partition coefficient (Wildman–Crippen LogP) is -1.23. The molecule has 21 heavy (non-hydrogen) atoms. The smallest absolute Gasteiger partial charge is 0.293 e. The molecule has 1 unspecified atom stereocenters. The number of amides is 2. The Morgan fingerprint density at radius 2 is 2.05 bits per heavy atom. The first kappa shape index (κ1) is 14.8. The maximum Gasteiger partial charge on any atom is 0.293 e. The van der Waals surface area contributed by atoms with Crippen molar-refractivity contribution in [2.45, 2.75) is 6.04 Å². The summed E-state index contributed by atoms with van der Waals surface area (Å²) in [4.78, 5) is 35.6. The molecule has 3 N–H and O–H groups in total. The molecule has 2 heterocycles. The fraction of sp³-hybridized carbons (Fsp3) is 0.182. The van der Waals surface area contributed by atoms with Crippen LogP contribution >= 0.6 is 11.3 Å². The molecular weight excluding hydrogens is 298 g/mol. The highest BCUT2D eigenvalue weighted by Gasteiger charge is 2.25. The van der Waals surface area contributed by atoms with Crippen LogP contribution < -0.4 is 10.7 Å². The summed E-state index contributed by atoms with van der Waals surface area (Å²) in [6.45, 7) is -0.655. The second kappa shape index (κ2) is 6.72. The van der Waals surface area contributed by atoms with Crippen molar-refractivity contribution in [3.8, 4) is 0 Å². The van der Waals surface area contributed by atoms with Crippen molar-refractivity contribution in [3.05, 3.63) is 35.0 Å². The van der Waals surface area contributed by atoms with E-state index in [0.717, 1.165) is 16.0 Å². The van der Waals surface area contributed by atoms with Crippen molar-refractivity contribution in [1.29, 1.82) is 0 Å². The van der Waals surface area contributed by atoms with Crippen molar-refractivity contribution in [3.63, 3.8) is 0 Å². The maximum atomic E-state index is 11.8. The van der Waals surface area contributed by atoms with Crippen LogP contribution in [-0.2, 0) is 9.59 Å². The van der Waals surface area contributed by atoms with Gasteiger partial charge in [-0.25, -0.2) is 4.68 Å². The van der Waals surface area contributed by atoms with Gasteiger partial charge in [0.25, 0.3) is 17.6 Å². The standard InChI is InChI=1S/C11H11N5O4S/c17-4-7(10(19)15-16-5-12-13-6-16)14-11(20)9(18)8-2-1-3-21-8/h1-3,5-7,17H,4H2,(H,14,20)(H,15,19). The summed E-state index contributed by atoms with van der Waals surface area (Å²) in [5, 5.41) is 19.9. The van der Waals surface area contributed by atoms with Crippen LogP contribution in [0.4, 0.5) is 0 Å². The fourth-order valence-corrected chi connectivity index (χ4v) is 2.06. The third-order valence-corrected chi connectivity index (χ3v) is 3.28. The van der Waals surface area contributed by atoms with Gasteiger partial charge in [-0.15, -0.1) is 21.5 Å². The van der Waals surface area contributed by atoms with Gasteiger partial charge in [0, 0.05) is 0 Å². The van der Waals surface area contributed by atoms with Crippen LogP contribution in [0.2, 0.25) is 0 Å². The molecule has 0 aliphatic rings. The molecule has 110 valence electrons. The van der Waals surface area contributed by atoms with Gasteiger partial charge in [-0.1, -0.05) is 6.07 Å². The zero-order valence-corrected chi connectivity index (χ0v) is 11.4. The van der Waals surface area contributed by atoms with E-state index in [-0.39, 0.29) is 4.88 Å². The fourth-order valence-electron chi connectivity index (χ4n) is 1.40. The molecule has 0 bridgehead atoms. The van der Waals surface area contributed by atoms with Gasteiger partial charge in [-0.3, -0.25) is 19.8 Å². The van der Waals surface area contributed by atoms with Crippen LogP contribution in [-0.4, -0.2) is 50.2 Å². The summed E-state index contributed by atoms with van der Waals surface area (Å²) < 4.78 is 1.15. The number of nitrogens with one attached hydrogen (secondary N) is 2. The minimum Gasteiger partial charge on any atom is -0.394 e. The Kier molecular flexibility index (Phi) is 4.74. The lowest BCUT2D eigenvalue weighted by molar-refractivity contribution is -0.125. The summed E-state index contributed by atoms with van der Waals surface area (Å²) in [5.41, 5.74) is 2.32. The minimum absolute atomic E-state index is 0.253. The van der Waals surface area contributed by atoms with Crippen molar-refractivity contribution < 1.29 is 19.5 Å². The average Bonchev–Trinajstić information content (AvgIpc) is 3.16. The number of aliphatic hydroxyl groups excluding tert-OH is 1. The molecule has 0 spiro atoms. The van der Waals surface area contributed by atoms with Crippen molar-refractivity contribution in [1.82, 2.24) is 20.2 Å². The van der Waals surface area contributed by atoms with E-state index in [1.807, 2.05) is 0 Å². The van der Waals surface area contributed by atoms with Gasteiger partial charge in [0.15, 0.2) is 0 Å². The topological polar surface area (TPSA) is 126 Å². The van der Waals surface area contributed by atoms with Crippen LogP contribution in [0.15, 0.2) is 30.2 Å². The summed E-state index contributed by atoms with van der Waals surface area (Å²) in [7, 11) is 0. The predicted molar refractivity (Wildman–Crippen MR) is 72.1 cm³/mol. The van der Waals surface area contributed by atoms with Crippen LogP contribution in [0.5, 0.6) is 0 Å². The van der Waals surface area contributed by atoms with Gasteiger partial charge >= 0.3 is 0 Å². The molecule has 0 saturated carbocycles. The molecule has 9 nitrogen and oxygen atoms in total. The van der Waals surface area contributed by atoms with Gasteiger partial charge < -0.3 is 10.4 Å². The number of ketones is 1. The van der Waals surface area contributed by atoms with Crippen LogP contribution in [0.3, 0.4) is 0 Å². The van der Waals surface area contributed by atoms with Gasteiger partial charge in [-0.05, 0) is 11.4 Å². The second-order valence-electron chi connectivity index (χ2n) is 3.86. The highest BCUT2D eigenvalue weighted by molar-refractivity contribution is 7.13. The highest BCUT2D eigenvalue weighted by Crippen LogP contribution is 2.09. The van der Waals surface area contributed by atoms with E-state index in [1.54, 1.807) is 11.4 Å². The molecule has 0 radical (unpaired) electrons. The van der Waals surface area contributed by atoms with Crippen molar-refractivity contribution >= 4 is 28.9 Å². The third kappa shape index (κ3) is 3.70. The number of Topliss-reactive ketones (excluding diaryl/α,β-unsaturated/α-hetero) is 1. The number of carbonyl (C=O) groups excluding carboxylic acids is 3. The number of aliphatic hydroxyl groups is 1.